The van der Waals surface area contributed by atoms with Gasteiger partial charge in [0.1, 0.15) is 6.07 Å². The Balaban J connectivity index is 2.38. The van der Waals surface area contributed by atoms with Crippen LogP contribution in [0.15, 0.2) is 11.4 Å². The van der Waals surface area contributed by atoms with Crippen molar-refractivity contribution in [2.24, 2.45) is 0 Å². The van der Waals surface area contributed by atoms with Crippen molar-refractivity contribution in [2.45, 2.75) is 38.8 Å². The van der Waals surface area contributed by atoms with Gasteiger partial charge in [0.15, 0.2) is 0 Å². The number of thiophene rings is 1. The van der Waals surface area contributed by atoms with Crippen molar-refractivity contribution in [1.29, 1.82) is 5.26 Å². The Labute approximate surface area is 101 Å². The largest absolute Gasteiger partial charge is 0.389 e. The summed E-state index contributed by atoms with van der Waals surface area (Å²) in [5.41, 5.74) is 0.109. The molecule has 0 atom stereocenters. The topological polar surface area (TPSA) is 56.0 Å². The maximum Gasteiger partial charge on any atom is 0.100 e. The third kappa shape index (κ3) is 3.60. The standard InChI is InChI=1S/C12H18N2OS/c1-3-12(15,4-2)9-14-7-11-5-10(6-13)8-16-11/h5,8,14-15H,3-4,7,9H2,1-2H3. The second-order valence-electron chi connectivity index (χ2n) is 3.95. The second-order valence-corrected chi connectivity index (χ2v) is 4.94. The molecule has 0 spiro atoms. The fourth-order valence-corrected chi connectivity index (χ4v) is 2.23. The van der Waals surface area contributed by atoms with E-state index in [0.717, 1.165) is 17.7 Å². The Morgan fingerprint density at radius 2 is 2.19 bits per heavy atom. The fourth-order valence-electron chi connectivity index (χ4n) is 1.45. The summed E-state index contributed by atoms with van der Waals surface area (Å²) in [6.07, 6.45) is 1.51. The third-order valence-electron chi connectivity index (χ3n) is 2.85. The molecule has 0 bridgehead atoms. The predicted molar refractivity (Wildman–Crippen MR) is 66.3 cm³/mol. The molecule has 1 heterocycles. The average molecular weight is 238 g/mol. The minimum atomic E-state index is -0.602. The van der Waals surface area contributed by atoms with Gasteiger partial charge in [-0.3, -0.25) is 0 Å². The van der Waals surface area contributed by atoms with Gasteiger partial charge in [0.05, 0.1) is 11.2 Å². The van der Waals surface area contributed by atoms with Gasteiger partial charge in [0.2, 0.25) is 0 Å². The summed E-state index contributed by atoms with van der Waals surface area (Å²) in [6.45, 7) is 5.29. The molecule has 0 fully saturated rings. The minimum absolute atomic E-state index is 0.597. The second kappa shape index (κ2) is 6.00. The zero-order valence-corrected chi connectivity index (χ0v) is 10.6. The first-order valence-electron chi connectivity index (χ1n) is 5.54. The maximum absolute atomic E-state index is 10.0. The Bertz CT molecular complexity index is 363. The summed E-state index contributed by atoms with van der Waals surface area (Å²) in [6, 6.07) is 3.99. The van der Waals surface area contributed by atoms with E-state index in [4.69, 9.17) is 5.26 Å². The van der Waals surface area contributed by atoms with Gasteiger partial charge in [-0.1, -0.05) is 13.8 Å². The molecule has 88 valence electrons. The summed E-state index contributed by atoms with van der Waals surface area (Å²) in [7, 11) is 0. The van der Waals surface area contributed by atoms with E-state index in [-0.39, 0.29) is 0 Å². The van der Waals surface area contributed by atoms with E-state index in [1.165, 1.54) is 0 Å². The van der Waals surface area contributed by atoms with Gasteiger partial charge >= 0.3 is 0 Å². The van der Waals surface area contributed by atoms with Crippen LogP contribution in [0.1, 0.15) is 37.1 Å². The van der Waals surface area contributed by atoms with Crippen LogP contribution in [0.3, 0.4) is 0 Å². The van der Waals surface area contributed by atoms with E-state index in [1.807, 2.05) is 25.3 Å². The summed E-state index contributed by atoms with van der Waals surface area (Å²) < 4.78 is 0. The number of rotatable bonds is 6. The molecule has 0 radical (unpaired) electrons. The molecule has 0 aliphatic rings. The summed E-state index contributed by atoms with van der Waals surface area (Å²) in [5.74, 6) is 0. The average Bonchev–Trinajstić information content (AvgIpc) is 2.77. The molecule has 1 aromatic rings. The van der Waals surface area contributed by atoms with Crippen molar-refractivity contribution in [2.75, 3.05) is 6.54 Å². The van der Waals surface area contributed by atoms with Crippen LogP contribution in [0.2, 0.25) is 0 Å². The van der Waals surface area contributed by atoms with Gasteiger partial charge in [-0.25, -0.2) is 0 Å². The Morgan fingerprint density at radius 3 is 2.69 bits per heavy atom. The molecule has 3 nitrogen and oxygen atoms in total. The van der Waals surface area contributed by atoms with E-state index in [1.54, 1.807) is 11.3 Å². The Kier molecular flexibility index (Phi) is 4.94. The van der Waals surface area contributed by atoms with E-state index in [2.05, 4.69) is 11.4 Å². The molecular weight excluding hydrogens is 220 g/mol. The highest BCUT2D eigenvalue weighted by Crippen LogP contribution is 2.15. The predicted octanol–water partition coefficient (Wildman–Crippen LogP) is 2.26. The lowest BCUT2D eigenvalue weighted by Gasteiger charge is -2.25. The van der Waals surface area contributed by atoms with Gasteiger partial charge in [-0.05, 0) is 18.9 Å². The number of nitrogens with one attached hydrogen (secondary N) is 1. The third-order valence-corrected chi connectivity index (χ3v) is 3.79. The monoisotopic (exact) mass is 238 g/mol. The molecule has 2 N–H and O–H groups in total. The molecule has 16 heavy (non-hydrogen) atoms. The van der Waals surface area contributed by atoms with E-state index >= 15 is 0 Å². The quantitative estimate of drug-likeness (QED) is 0.799. The Morgan fingerprint density at radius 1 is 1.50 bits per heavy atom. The highest BCUT2D eigenvalue weighted by molar-refractivity contribution is 7.10. The normalized spacial score (nSPS) is 11.4. The number of hydrogen-bond acceptors (Lipinski definition) is 4. The van der Waals surface area contributed by atoms with Crippen LogP contribution in [0, 0.1) is 11.3 Å². The Hall–Kier alpha value is -0.890. The summed E-state index contributed by atoms with van der Waals surface area (Å²) >= 11 is 1.57. The SMILES string of the molecule is CCC(O)(CC)CNCc1cc(C#N)cs1. The van der Waals surface area contributed by atoms with Crippen LogP contribution in [0.5, 0.6) is 0 Å². The zero-order chi connectivity index (χ0) is 12.0. The molecule has 0 unspecified atom stereocenters. The first-order chi connectivity index (χ1) is 7.63. The molecular formula is C12H18N2OS. The molecule has 0 aromatic carbocycles. The highest BCUT2D eigenvalue weighted by Gasteiger charge is 2.21. The molecule has 4 heteroatoms. The van der Waals surface area contributed by atoms with E-state index < -0.39 is 5.60 Å². The van der Waals surface area contributed by atoms with Crippen LogP contribution in [-0.2, 0) is 6.54 Å². The molecule has 0 aliphatic carbocycles. The highest BCUT2D eigenvalue weighted by atomic mass is 32.1. The molecule has 0 aliphatic heterocycles. The zero-order valence-electron chi connectivity index (χ0n) is 9.79. The lowest BCUT2D eigenvalue weighted by Crippen LogP contribution is -2.39. The van der Waals surface area contributed by atoms with Crippen molar-refractivity contribution in [3.63, 3.8) is 0 Å². The molecule has 0 amide bonds. The van der Waals surface area contributed by atoms with E-state index in [9.17, 15) is 5.11 Å². The molecule has 0 saturated carbocycles. The van der Waals surface area contributed by atoms with Crippen molar-refractivity contribution in [3.8, 4) is 6.07 Å². The number of hydrogen-bond donors (Lipinski definition) is 2. The van der Waals surface area contributed by atoms with Crippen molar-refractivity contribution in [1.82, 2.24) is 5.32 Å². The summed E-state index contributed by atoms with van der Waals surface area (Å²) in [5, 5.41) is 23.8. The van der Waals surface area contributed by atoms with Gasteiger partial charge < -0.3 is 10.4 Å². The van der Waals surface area contributed by atoms with Crippen molar-refractivity contribution in [3.05, 3.63) is 21.9 Å². The lowest BCUT2D eigenvalue weighted by atomic mass is 9.98. The van der Waals surface area contributed by atoms with E-state index in [0.29, 0.717) is 18.7 Å². The minimum Gasteiger partial charge on any atom is -0.389 e. The van der Waals surface area contributed by atoms with Crippen LogP contribution in [0.4, 0.5) is 0 Å². The smallest absolute Gasteiger partial charge is 0.100 e. The van der Waals surface area contributed by atoms with Gasteiger partial charge in [-0.2, -0.15) is 5.26 Å². The number of aliphatic hydroxyl groups is 1. The van der Waals surface area contributed by atoms with Crippen LogP contribution >= 0.6 is 11.3 Å². The summed E-state index contributed by atoms with van der Waals surface area (Å²) in [4.78, 5) is 1.13. The van der Waals surface area contributed by atoms with Crippen molar-refractivity contribution >= 4 is 11.3 Å². The molecule has 0 saturated heterocycles. The van der Waals surface area contributed by atoms with Crippen LogP contribution in [-0.4, -0.2) is 17.3 Å². The fraction of sp³-hybridized carbons (Fsp3) is 0.583. The van der Waals surface area contributed by atoms with Gasteiger partial charge in [0.25, 0.3) is 0 Å². The van der Waals surface area contributed by atoms with Crippen LogP contribution in [0.25, 0.3) is 0 Å². The van der Waals surface area contributed by atoms with Gasteiger partial charge in [0, 0.05) is 23.3 Å². The lowest BCUT2D eigenvalue weighted by molar-refractivity contribution is 0.0323. The number of nitrogens with zero attached hydrogens (tertiary/aromatic N) is 1. The number of nitriles is 1. The first-order valence-corrected chi connectivity index (χ1v) is 6.42. The van der Waals surface area contributed by atoms with Crippen molar-refractivity contribution < 1.29 is 5.11 Å². The molecule has 1 aromatic heterocycles. The maximum atomic E-state index is 10.0. The molecule has 1 rings (SSSR count). The van der Waals surface area contributed by atoms with Gasteiger partial charge in [-0.15, -0.1) is 11.3 Å². The van der Waals surface area contributed by atoms with Crippen LogP contribution < -0.4 is 5.32 Å². The first kappa shape index (κ1) is 13.2.